The molecule has 0 unspecified atom stereocenters. The van der Waals surface area contributed by atoms with Gasteiger partial charge >= 0.3 is 12.2 Å². The number of halogens is 3. The van der Waals surface area contributed by atoms with Crippen LogP contribution < -0.4 is 15.5 Å². The van der Waals surface area contributed by atoms with Crippen molar-refractivity contribution >= 4 is 33.1 Å². The minimum Gasteiger partial charge on any atom is -0.377 e. The number of carbonyl (C=O) groups excluding carboxylic acids is 1. The van der Waals surface area contributed by atoms with Crippen molar-refractivity contribution in [2.24, 2.45) is 0 Å². The summed E-state index contributed by atoms with van der Waals surface area (Å²) in [5, 5.41) is 5.14. The lowest BCUT2D eigenvalue weighted by Crippen LogP contribution is -2.45. The second-order valence-corrected chi connectivity index (χ2v) is 12.7. The fourth-order valence-electron chi connectivity index (χ4n) is 5.06. The average Bonchev–Trinajstić information content (AvgIpc) is 2.87. The monoisotopic (exact) mass is 589 g/mol. The first-order chi connectivity index (χ1) is 19.4. The molecule has 1 aliphatic carbocycles. The third kappa shape index (κ3) is 6.01. The van der Waals surface area contributed by atoms with Crippen molar-refractivity contribution in [3.05, 3.63) is 65.9 Å². The van der Waals surface area contributed by atoms with Crippen LogP contribution in [0.15, 0.2) is 54.6 Å². The molecule has 1 saturated carbocycles. The molecule has 2 aromatic carbocycles. The maximum Gasteiger partial charge on any atom is 0.416 e. The Hall–Kier alpha value is -3.71. The molecule has 0 radical (unpaired) electrons. The van der Waals surface area contributed by atoms with Gasteiger partial charge in [-0.3, -0.25) is 0 Å². The molecule has 2 heterocycles. The first-order valence-electron chi connectivity index (χ1n) is 13.1. The number of nitrogens with one attached hydrogen (secondary N) is 2. The zero-order chi connectivity index (χ0) is 29.4. The molecule has 3 aromatic rings. The zero-order valence-electron chi connectivity index (χ0n) is 22.5. The van der Waals surface area contributed by atoms with E-state index in [0.29, 0.717) is 61.2 Å². The quantitative estimate of drug-likeness (QED) is 0.393. The van der Waals surface area contributed by atoms with E-state index >= 15 is 0 Å². The Labute approximate surface area is 236 Å². The molecule has 0 bridgehead atoms. The highest BCUT2D eigenvalue weighted by Crippen LogP contribution is 2.48. The Kier molecular flexibility index (Phi) is 7.68. The van der Waals surface area contributed by atoms with Gasteiger partial charge in [0.25, 0.3) is 0 Å². The van der Waals surface area contributed by atoms with Crippen molar-refractivity contribution < 1.29 is 31.1 Å². The topological polar surface area (TPSA) is 114 Å². The van der Waals surface area contributed by atoms with Crippen LogP contribution in [0, 0.1) is 0 Å². The Morgan fingerprint density at radius 3 is 2.15 bits per heavy atom. The number of aromatic nitrogens is 2. The highest BCUT2D eigenvalue weighted by atomic mass is 32.2. The van der Waals surface area contributed by atoms with Crippen LogP contribution in [-0.4, -0.2) is 56.5 Å². The summed E-state index contributed by atoms with van der Waals surface area (Å²) >= 11 is 0. The molecule has 1 saturated heterocycles. The average molecular weight is 590 g/mol. The fraction of sp³-hybridized carbons (Fsp3) is 0.393. The predicted molar refractivity (Wildman–Crippen MR) is 150 cm³/mol. The number of benzene rings is 2. The lowest BCUT2D eigenvalue weighted by Gasteiger charge is -2.40. The number of amides is 2. The van der Waals surface area contributed by atoms with Gasteiger partial charge in [0.05, 0.1) is 30.5 Å². The minimum atomic E-state index is -4.46. The molecule has 13 heteroatoms. The number of ether oxygens (including phenoxy) is 1. The van der Waals surface area contributed by atoms with Crippen LogP contribution in [0.4, 0.5) is 35.2 Å². The molecule has 41 heavy (non-hydrogen) atoms. The molecule has 5 rings (SSSR count). The fourth-order valence-corrected chi connectivity index (χ4v) is 6.58. The van der Waals surface area contributed by atoms with Crippen molar-refractivity contribution in [3.8, 4) is 11.4 Å². The van der Waals surface area contributed by atoms with Gasteiger partial charge in [-0.1, -0.05) is 0 Å². The first kappa shape index (κ1) is 28.8. The lowest BCUT2D eigenvalue weighted by atomic mass is 9.81. The van der Waals surface area contributed by atoms with Crippen LogP contribution in [-0.2, 0) is 25.5 Å². The number of urea groups is 1. The second-order valence-electron chi connectivity index (χ2n) is 10.4. The first-order valence-corrected chi connectivity index (χ1v) is 15.0. The largest absolute Gasteiger partial charge is 0.416 e. The Morgan fingerprint density at radius 2 is 1.63 bits per heavy atom. The molecule has 2 fully saturated rings. The number of anilines is 3. The van der Waals surface area contributed by atoms with Crippen molar-refractivity contribution in [3.63, 3.8) is 0 Å². The summed E-state index contributed by atoms with van der Waals surface area (Å²) in [6.45, 7) is 3.69. The molecule has 1 aromatic heterocycles. The van der Waals surface area contributed by atoms with E-state index in [0.717, 1.165) is 18.6 Å². The van der Waals surface area contributed by atoms with E-state index in [9.17, 15) is 26.4 Å². The molecule has 9 nitrogen and oxygen atoms in total. The predicted octanol–water partition coefficient (Wildman–Crippen LogP) is 5.46. The highest BCUT2D eigenvalue weighted by molar-refractivity contribution is 7.91. The van der Waals surface area contributed by atoms with Crippen molar-refractivity contribution in [1.29, 1.82) is 0 Å². The number of sulfone groups is 1. The normalized spacial score (nSPS) is 18.9. The molecule has 0 spiro atoms. The van der Waals surface area contributed by atoms with Gasteiger partial charge in [0.15, 0.2) is 15.7 Å². The molecule has 1 aliphatic heterocycles. The molecule has 2 amide bonds. The number of morpholine rings is 1. The van der Waals surface area contributed by atoms with Crippen LogP contribution in [0.3, 0.4) is 0 Å². The summed E-state index contributed by atoms with van der Waals surface area (Å²) < 4.78 is 68.6. The Morgan fingerprint density at radius 1 is 1.02 bits per heavy atom. The molecule has 2 aliphatic rings. The Bertz CT molecular complexity index is 1530. The van der Waals surface area contributed by atoms with Gasteiger partial charge in [-0.05, 0) is 74.7 Å². The van der Waals surface area contributed by atoms with Crippen LogP contribution in [0.5, 0.6) is 0 Å². The van der Waals surface area contributed by atoms with Gasteiger partial charge in [-0.2, -0.15) is 13.2 Å². The van der Waals surface area contributed by atoms with Gasteiger partial charge in [0, 0.05) is 35.8 Å². The summed E-state index contributed by atoms with van der Waals surface area (Å²) in [6, 6.07) is 12.1. The zero-order valence-corrected chi connectivity index (χ0v) is 23.3. The van der Waals surface area contributed by atoms with Crippen molar-refractivity contribution in [1.82, 2.24) is 9.97 Å². The highest BCUT2D eigenvalue weighted by Gasteiger charge is 2.49. The lowest BCUT2D eigenvalue weighted by molar-refractivity contribution is -0.137. The summed E-state index contributed by atoms with van der Waals surface area (Å²) in [4.78, 5) is 24.0. The number of rotatable bonds is 6. The van der Waals surface area contributed by atoms with Crippen molar-refractivity contribution in [2.75, 3.05) is 41.5 Å². The molecular weight excluding hydrogens is 559 g/mol. The van der Waals surface area contributed by atoms with E-state index in [1.807, 2.05) is 6.92 Å². The summed E-state index contributed by atoms with van der Waals surface area (Å²) in [5.74, 6) is 1.00. The van der Waals surface area contributed by atoms with Gasteiger partial charge in [0.1, 0.15) is 10.6 Å². The standard InChI is InChI=1S/C28H30F3N5O4S/c1-18-17-40-15-14-36(18)24-16-23(27(12-3-13-27)41(2,38)39)34-25(35-24)19-4-8-21(9-5-19)32-26(37)33-22-10-6-20(7-11-22)28(29,30)31/h4-11,16,18H,3,12-15,17H2,1-2H3,(H2,32,33,37)/t18-/m0/s1. The smallest absolute Gasteiger partial charge is 0.377 e. The summed E-state index contributed by atoms with van der Waals surface area (Å²) in [5.41, 5.74) is 0.936. The van der Waals surface area contributed by atoms with Gasteiger partial charge in [-0.15, -0.1) is 0 Å². The van der Waals surface area contributed by atoms with Crippen LogP contribution in [0.1, 0.15) is 37.4 Å². The number of carbonyl (C=O) groups is 1. The van der Waals surface area contributed by atoms with E-state index in [-0.39, 0.29) is 11.7 Å². The molecule has 1 atom stereocenters. The van der Waals surface area contributed by atoms with Gasteiger partial charge < -0.3 is 20.3 Å². The van der Waals surface area contributed by atoms with E-state index in [2.05, 4.69) is 15.5 Å². The van der Waals surface area contributed by atoms with Gasteiger partial charge in [-0.25, -0.2) is 23.2 Å². The Balaban J connectivity index is 1.38. The second kappa shape index (κ2) is 10.9. The molecule has 218 valence electrons. The number of nitrogens with zero attached hydrogens (tertiary/aromatic N) is 3. The van der Waals surface area contributed by atoms with E-state index < -0.39 is 32.4 Å². The van der Waals surface area contributed by atoms with Crippen molar-refractivity contribution in [2.45, 2.75) is 43.2 Å². The SMILES string of the molecule is C[C@H]1COCCN1c1cc(C2(S(C)(=O)=O)CCC2)nc(-c2ccc(NC(=O)Nc3ccc(C(F)(F)F)cc3)cc2)n1. The molecule has 2 N–H and O–H groups in total. The number of hydrogen-bond acceptors (Lipinski definition) is 7. The maximum atomic E-state index is 12.9. The van der Waals surface area contributed by atoms with E-state index in [1.165, 1.54) is 18.4 Å². The third-order valence-electron chi connectivity index (χ3n) is 7.58. The van der Waals surface area contributed by atoms with E-state index in [1.54, 1.807) is 30.3 Å². The molecular formula is C28H30F3N5O4S. The van der Waals surface area contributed by atoms with E-state index in [4.69, 9.17) is 14.7 Å². The summed E-state index contributed by atoms with van der Waals surface area (Å²) in [7, 11) is -3.44. The number of alkyl halides is 3. The van der Waals surface area contributed by atoms with Crippen LogP contribution in [0.2, 0.25) is 0 Å². The maximum absolute atomic E-state index is 12.9. The van der Waals surface area contributed by atoms with Crippen LogP contribution in [0.25, 0.3) is 11.4 Å². The number of hydrogen-bond donors (Lipinski definition) is 2. The van der Waals surface area contributed by atoms with Crippen LogP contribution >= 0.6 is 0 Å². The summed E-state index contributed by atoms with van der Waals surface area (Å²) in [6.07, 6.45) is -1.42. The third-order valence-corrected chi connectivity index (χ3v) is 9.62. The van der Waals surface area contributed by atoms with Gasteiger partial charge in [0.2, 0.25) is 0 Å². The minimum absolute atomic E-state index is 0.0460.